The fraction of sp³-hybridized carbons (Fsp3) is 0.148. The molecule has 1 N–H and O–H groups in total. The number of thioether (sulfide) groups is 1. The van der Waals surface area contributed by atoms with E-state index in [1.807, 2.05) is 6.92 Å². The predicted octanol–water partition coefficient (Wildman–Crippen LogP) is 6.77. The third kappa shape index (κ3) is 7.09. The molecule has 206 valence electrons. The molecular formula is C27H21Br2N3O7S. The Morgan fingerprint density at radius 3 is 2.48 bits per heavy atom. The summed E-state index contributed by atoms with van der Waals surface area (Å²) in [7, 11) is 0. The topological polar surface area (TPSA) is 128 Å². The van der Waals surface area contributed by atoms with Crippen LogP contribution in [-0.2, 0) is 16.2 Å². The molecule has 3 aromatic carbocycles. The highest BCUT2D eigenvalue weighted by atomic mass is 79.9. The van der Waals surface area contributed by atoms with Crippen molar-refractivity contribution in [3.8, 4) is 11.5 Å². The third-order valence-corrected chi connectivity index (χ3v) is 7.67. The number of nitrogens with one attached hydrogen (secondary N) is 1. The van der Waals surface area contributed by atoms with Gasteiger partial charge in [0.05, 0.1) is 26.6 Å². The van der Waals surface area contributed by atoms with Crippen molar-refractivity contribution in [2.24, 2.45) is 0 Å². The van der Waals surface area contributed by atoms with Gasteiger partial charge in [0.15, 0.2) is 11.5 Å². The first kappa shape index (κ1) is 29.3. The highest BCUT2D eigenvalue weighted by Gasteiger charge is 2.36. The number of anilines is 1. The lowest BCUT2D eigenvalue weighted by molar-refractivity contribution is -0.384. The molecule has 1 fully saturated rings. The average molecular weight is 691 g/mol. The second-order valence-electron chi connectivity index (χ2n) is 8.27. The Morgan fingerprint density at radius 1 is 1.07 bits per heavy atom. The second kappa shape index (κ2) is 13.1. The maximum Gasteiger partial charge on any atom is 0.294 e. The molecule has 0 atom stereocenters. The van der Waals surface area contributed by atoms with Crippen LogP contribution in [0, 0.1) is 10.1 Å². The molecule has 1 saturated heterocycles. The molecule has 0 aromatic heterocycles. The number of carbonyl (C=O) groups excluding carboxylic acids is 3. The van der Waals surface area contributed by atoms with Crippen LogP contribution in [0.15, 0.2) is 74.5 Å². The van der Waals surface area contributed by atoms with Gasteiger partial charge in [-0.05, 0) is 104 Å². The molecule has 4 rings (SSSR count). The zero-order chi connectivity index (χ0) is 28.8. The predicted molar refractivity (Wildman–Crippen MR) is 158 cm³/mol. The maximum absolute atomic E-state index is 13.0. The van der Waals surface area contributed by atoms with Gasteiger partial charge in [-0.15, -0.1) is 0 Å². The van der Waals surface area contributed by atoms with Gasteiger partial charge in [0.2, 0.25) is 5.91 Å². The van der Waals surface area contributed by atoms with Gasteiger partial charge in [0.1, 0.15) is 13.2 Å². The maximum atomic E-state index is 13.0. The highest BCUT2D eigenvalue weighted by molar-refractivity contribution is 9.11. The number of halogens is 2. The standard InChI is InChI=1S/C27H21Br2N3O7S/c1-2-38-22-12-17(11-20(29)25(22)39-15-16-7-9-18(10-8-16)32(36)37)13-23-26(34)31(27(35)40-23)14-24(33)30-21-6-4-3-5-19(21)28/h3-13H,2,14-15H2,1H3,(H,30,33)/b23-13+. The molecule has 3 aromatic rings. The van der Waals surface area contributed by atoms with Gasteiger partial charge >= 0.3 is 0 Å². The van der Waals surface area contributed by atoms with Gasteiger partial charge in [0, 0.05) is 16.6 Å². The zero-order valence-electron chi connectivity index (χ0n) is 20.9. The van der Waals surface area contributed by atoms with E-state index in [0.717, 1.165) is 22.2 Å². The van der Waals surface area contributed by atoms with Crippen molar-refractivity contribution in [2.45, 2.75) is 13.5 Å². The first-order chi connectivity index (χ1) is 19.2. The first-order valence-corrected chi connectivity index (χ1v) is 14.2. The van der Waals surface area contributed by atoms with Gasteiger partial charge in [-0.3, -0.25) is 29.4 Å². The largest absolute Gasteiger partial charge is 0.490 e. The van der Waals surface area contributed by atoms with Gasteiger partial charge in [-0.1, -0.05) is 12.1 Å². The van der Waals surface area contributed by atoms with E-state index in [1.165, 1.54) is 12.1 Å². The zero-order valence-corrected chi connectivity index (χ0v) is 24.9. The van der Waals surface area contributed by atoms with E-state index >= 15 is 0 Å². The summed E-state index contributed by atoms with van der Waals surface area (Å²) in [4.78, 5) is 49.5. The lowest BCUT2D eigenvalue weighted by atomic mass is 10.1. The van der Waals surface area contributed by atoms with E-state index in [2.05, 4.69) is 37.2 Å². The Kier molecular flexibility index (Phi) is 9.61. The van der Waals surface area contributed by atoms with E-state index in [9.17, 15) is 24.5 Å². The third-order valence-electron chi connectivity index (χ3n) is 5.48. The first-order valence-electron chi connectivity index (χ1n) is 11.8. The Morgan fingerprint density at radius 2 is 1.80 bits per heavy atom. The molecule has 0 radical (unpaired) electrons. The lowest BCUT2D eigenvalue weighted by Gasteiger charge is -2.15. The molecule has 13 heteroatoms. The molecule has 10 nitrogen and oxygen atoms in total. The number of nitro groups is 1. The lowest BCUT2D eigenvalue weighted by Crippen LogP contribution is -2.36. The smallest absolute Gasteiger partial charge is 0.294 e. The average Bonchev–Trinajstić information content (AvgIpc) is 3.17. The van der Waals surface area contributed by atoms with Gasteiger partial charge in [0.25, 0.3) is 16.8 Å². The van der Waals surface area contributed by atoms with Crippen LogP contribution in [0.2, 0.25) is 0 Å². The molecular weight excluding hydrogens is 670 g/mol. The van der Waals surface area contributed by atoms with Crippen molar-refractivity contribution in [3.05, 3.63) is 95.8 Å². The number of hydrogen-bond donors (Lipinski definition) is 1. The Labute approximate surface area is 250 Å². The quantitative estimate of drug-likeness (QED) is 0.140. The van der Waals surface area contributed by atoms with Gasteiger partial charge < -0.3 is 14.8 Å². The summed E-state index contributed by atoms with van der Waals surface area (Å²) in [5.41, 5.74) is 1.81. The molecule has 0 unspecified atom stereocenters. The van der Waals surface area contributed by atoms with Crippen molar-refractivity contribution >= 4 is 78.1 Å². The fourth-order valence-corrected chi connectivity index (χ4v) is 5.42. The number of benzene rings is 3. The number of carbonyl (C=O) groups is 3. The van der Waals surface area contributed by atoms with Gasteiger partial charge in [-0.25, -0.2) is 0 Å². The number of amides is 3. The van der Waals surface area contributed by atoms with E-state index in [-0.39, 0.29) is 17.2 Å². The molecule has 1 aliphatic rings. The normalized spacial score (nSPS) is 14.0. The number of hydrogen-bond acceptors (Lipinski definition) is 8. The summed E-state index contributed by atoms with van der Waals surface area (Å²) < 4.78 is 12.9. The Bertz CT molecular complexity index is 1510. The van der Waals surface area contributed by atoms with Crippen LogP contribution < -0.4 is 14.8 Å². The molecule has 3 amide bonds. The minimum absolute atomic E-state index is 0.0152. The molecule has 0 bridgehead atoms. The number of imide groups is 1. The minimum Gasteiger partial charge on any atom is -0.490 e. The van der Waals surface area contributed by atoms with Crippen molar-refractivity contribution in [2.75, 3.05) is 18.5 Å². The summed E-state index contributed by atoms with van der Waals surface area (Å²) >= 11 is 7.57. The molecule has 0 saturated carbocycles. The summed E-state index contributed by atoms with van der Waals surface area (Å²) in [6.45, 7) is 1.86. The Balaban J connectivity index is 1.48. The summed E-state index contributed by atoms with van der Waals surface area (Å²) in [5.74, 6) is -0.275. The van der Waals surface area contributed by atoms with Crippen LogP contribution in [0.25, 0.3) is 6.08 Å². The number of ether oxygens (including phenoxy) is 2. The monoisotopic (exact) mass is 689 g/mol. The summed E-state index contributed by atoms with van der Waals surface area (Å²) in [6, 6.07) is 16.4. The van der Waals surface area contributed by atoms with Crippen molar-refractivity contribution in [1.29, 1.82) is 0 Å². The van der Waals surface area contributed by atoms with Crippen molar-refractivity contribution in [1.82, 2.24) is 4.90 Å². The van der Waals surface area contributed by atoms with Crippen LogP contribution in [-0.4, -0.2) is 40.0 Å². The van der Waals surface area contributed by atoms with Gasteiger partial charge in [-0.2, -0.15) is 0 Å². The van der Waals surface area contributed by atoms with Crippen LogP contribution in [0.4, 0.5) is 16.2 Å². The van der Waals surface area contributed by atoms with Crippen LogP contribution in [0.5, 0.6) is 11.5 Å². The number of non-ortho nitro benzene ring substituents is 1. The molecule has 1 aliphatic heterocycles. The van der Waals surface area contributed by atoms with E-state index < -0.39 is 28.5 Å². The highest BCUT2D eigenvalue weighted by Crippen LogP contribution is 2.40. The molecule has 1 heterocycles. The number of nitro benzene ring substituents is 1. The second-order valence-corrected chi connectivity index (χ2v) is 11.0. The molecule has 0 spiro atoms. The molecule has 0 aliphatic carbocycles. The van der Waals surface area contributed by atoms with Crippen molar-refractivity contribution in [3.63, 3.8) is 0 Å². The van der Waals surface area contributed by atoms with Crippen LogP contribution >= 0.6 is 43.6 Å². The van der Waals surface area contributed by atoms with Crippen molar-refractivity contribution < 1.29 is 28.8 Å². The minimum atomic E-state index is -0.579. The summed E-state index contributed by atoms with van der Waals surface area (Å²) in [5, 5.41) is 13.0. The number of para-hydroxylation sites is 1. The Hall–Kier alpha value is -3.68. The SMILES string of the molecule is CCOc1cc(/C=C2/SC(=O)N(CC(=O)Nc3ccccc3Br)C2=O)cc(Br)c1OCc1ccc([N+](=O)[O-])cc1. The van der Waals surface area contributed by atoms with Crippen LogP contribution in [0.1, 0.15) is 18.1 Å². The van der Waals surface area contributed by atoms with Crippen LogP contribution in [0.3, 0.4) is 0 Å². The van der Waals surface area contributed by atoms with E-state index in [0.29, 0.717) is 38.3 Å². The summed E-state index contributed by atoms with van der Waals surface area (Å²) in [6.07, 6.45) is 1.55. The van der Waals surface area contributed by atoms with E-state index in [1.54, 1.807) is 54.6 Å². The number of rotatable bonds is 10. The fourth-order valence-electron chi connectivity index (χ4n) is 3.63. The number of nitrogens with zero attached hydrogens (tertiary/aromatic N) is 2. The van der Waals surface area contributed by atoms with E-state index in [4.69, 9.17) is 9.47 Å². The molecule has 40 heavy (non-hydrogen) atoms.